The fourth-order valence-electron chi connectivity index (χ4n) is 2.16. The number of carbonyl (C=O) groups excluding carboxylic acids is 1. The number of nitriles is 1. The largest absolute Gasteiger partial charge is 0.348 e. The first-order valence-electron chi connectivity index (χ1n) is 7.37. The number of amides is 1. The molecule has 0 aliphatic carbocycles. The molecule has 2 N–H and O–H groups in total. The number of hydrogen-bond acceptors (Lipinski definition) is 4. The SMILES string of the molecule is C[C@@H](NC(=O)CNS(=O)(=O)c1ccccc1C#N)c1ccc(F)cc1. The Morgan fingerprint density at radius 1 is 1.20 bits per heavy atom. The van der Waals surface area contributed by atoms with Gasteiger partial charge in [0.2, 0.25) is 15.9 Å². The Bertz CT molecular complexity index is 905. The minimum Gasteiger partial charge on any atom is -0.348 e. The molecule has 1 atom stereocenters. The van der Waals surface area contributed by atoms with E-state index in [1.165, 1.54) is 42.5 Å². The minimum atomic E-state index is -3.99. The number of carbonyl (C=O) groups is 1. The Morgan fingerprint density at radius 2 is 1.84 bits per heavy atom. The molecule has 2 aromatic rings. The molecule has 6 nitrogen and oxygen atoms in total. The smallest absolute Gasteiger partial charge is 0.242 e. The molecule has 0 saturated heterocycles. The summed E-state index contributed by atoms with van der Waals surface area (Å²) in [5.41, 5.74) is 0.683. The molecule has 0 fully saturated rings. The summed E-state index contributed by atoms with van der Waals surface area (Å²) in [6, 6.07) is 12.7. The quantitative estimate of drug-likeness (QED) is 0.820. The first kappa shape index (κ1) is 18.6. The molecular weight excluding hydrogens is 345 g/mol. The van der Waals surface area contributed by atoms with Gasteiger partial charge in [0.05, 0.1) is 23.0 Å². The van der Waals surface area contributed by atoms with Crippen LogP contribution in [0.1, 0.15) is 24.1 Å². The van der Waals surface area contributed by atoms with Gasteiger partial charge in [-0.2, -0.15) is 5.26 Å². The zero-order valence-electron chi connectivity index (χ0n) is 13.4. The van der Waals surface area contributed by atoms with Crippen LogP contribution in [0.5, 0.6) is 0 Å². The van der Waals surface area contributed by atoms with Crippen LogP contribution < -0.4 is 10.0 Å². The summed E-state index contributed by atoms with van der Waals surface area (Å²) in [4.78, 5) is 11.8. The molecule has 0 bridgehead atoms. The molecule has 130 valence electrons. The zero-order chi connectivity index (χ0) is 18.4. The van der Waals surface area contributed by atoms with Gasteiger partial charge in [0.15, 0.2) is 0 Å². The second-order valence-electron chi connectivity index (χ2n) is 5.27. The van der Waals surface area contributed by atoms with Crippen molar-refractivity contribution in [2.75, 3.05) is 6.54 Å². The van der Waals surface area contributed by atoms with Crippen molar-refractivity contribution in [1.82, 2.24) is 10.0 Å². The Kier molecular flexibility index (Phi) is 5.85. The number of rotatable bonds is 6. The van der Waals surface area contributed by atoms with Crippen molar-refractivity contribution in [3.63, 3.8) is 0 Å². The monoisotopic (exact) mass is 361 g/mol. The maximum absolute atomic E-state index is 12.9. The summed E-state index contributed by atoms with van der Waals surface area (Å²) >= 11 is 0. The lowest BCUT2D eigenvalue weighted by molar-refractivity contribution is -0.120. The minimum absolute atomic E-state index is 0.00455. The third kappa shape index (κ3) is 4.86. The molecular formula is C17H16FN3O3S. The van der Waals surface area contributed by atoms with Crippen LogP contribution in [-0.2, 0) is 14.8 Å². The van der Waals surface area contributed by atoms with Gasteiger partial charge in [-0.3, -0.25) is 4.79 Å². The highest BCUT2D eigenvalue weighted by Gasteiger charge is 2.19. The van der Waals surface area contributed by atoms with E-state index in [0.717, 1.165) is 0 Å². The molecule has 0 saturated carbocycles. The van der Waals surface area contributed by atoms with E-state index in [9.17, 15) is 17.6 Å². The van der Waals surface area contributed by atoms with Crippen LogP contribution in [0.4, 0.5) is 4.39 Å². The lowest BCUT2D eigenvalue weighted by Crippen LogP contribution is -2.38. The summed E-state index contributed by atoms with van der Waals surface area (Å²) in [5, 5.41) is 11.6. The van der Waals surface area contributed by atoms with E-state index in [1.807, 2.05) is 0 Å². The van der Waals surface area contributed by atoms with Gasteiger partial charge in [-0.1, -0.05) is 24.3 Å². The van der Waals surface area contributed by atoms with Crippen LogP contribution in [0.15, 0.2) is 53.4 Å². The predicted octanol–water partition coefficient (Wildman–Crippen LogP) is 1.85. The van der Waals surface area contributed by atoms with Crippen molar-refractivity contribution in [3.8, 4) is 6.07 Å². The van der Waals surface area contributed by atoms with Gasteiger partial charge in [0.25, 0.3) is 0 Å². The van der Waals surface area contributed by atoms with Gasteiger partial charge in [-0.25, -0.2) is 17.5 Å². The molecule has 25 heavy (non-hydrogen) atoms. The highest BCUT2D eigenvalue weighted by atomic mass is 32.2. The molecule has 0 heterocycles. The maximum atomic E-state index is 12.9. The molecule has 0 radical (unpaired) electrons. The fraction of sp³-hybridized carbons (Fsp3) is 0.176. The molecule has 8 heteroatoms. The molecule has 0 aromatic heterocycles. The second kappa shape index (κ2) is 7.88. The van der Waals surface area contributed by atoms with Crippen LogP contribution in [-0.4, -0.2) is 20.9 Å². The van der Waals surface area contributed by atoms with E-state index in [4.69, 9.17) is 5.26 Å². The topological polar surface area (TPSA) is 99.1 Å². The first-order valence-corrected chi connectivity index (χ1v) is 8.85. The van der Waals surface area contributed by atoms with Gasteiger partial charge < -0.3 is 5.32 Å². The number of hydrogen-bond donors (Lipinski definition) is 2. The average Bonchev–Trinajstić information content (AvgIpc) is 2.60. The van der Waals surface area contributed by atoms with Crippen molar-refractivity contribution in [2.45, 2.75) is 17.9 Å². The average molecular weight is 361 g/mol. The predicted molar refractivity (Wildman–Crippen MR) is 89.3 cm³/mol. The lowest BCUT2D eigenvalue weighted by atomic mass is 10.1. The van der Waals surface area contributed by atoms with Crippen LogP contribution in [0.25, 0.3) is 0 Å². The molecule has 0 unspecified atom stereocenters. The van der Waals surface area contributed by atoms with Crippen molar-refractivity contribution in [1.29, 1.82) is 5.26 Å². The van der Waals surface area contributed by atoms with Crippen molar-refractivity contribution in [3.05, 3.63) is 65.5 Å². The Balaban J connectivity index is 1.99. The number of halogens is 1. The van der Waals surface area contributed by atoms with Crippen LogP contribution in [0.2, 0.25) is 0 Å². The van der Waals surface area contributed by atoms with E-state index in [2.05, 4.69) is 10.0 Å². The van der Waals surface area contributed by atoms with Crippen molar-refractivity contribution in [2.24, 2.45) is 0 Å². The van der Waals surface area contributed by atoms with Gasteiger partial charge in [0, 0.05) is 0 Å². The molecule has 1 amide bonds. The lowest BCUT2D eigenvalue weighted by Gasteiger charge is -2.15. The zero-order valence-corrected chi connectivity index (χ0v) is 14.2. The van der Waals surface area contributed by atoms with E-state index in [0.29, 0.717) is 5.56 Å². The highest BCUT2D eigenvalue weighted by Crippen LogP contribution is 2.14. The molecule has 2 aromatic carbocycles. The number of nitrogens with zero attached hydrogens (tertiary/aromatic N) is 1. The Labute approximate surface area is 145 Å². The normalized spacial score (nSPS) is 12.2. The van der Waals surface area contributed by atoms with Crippen molar-refractivity contribution < 1.29 is 17.6 Å². The summed E-state index contributed by atoms with van der Waals surface area (Å²) in [6.07, 6.45) is 0. The van der Waals surface area contributed by atoms with E-state index < -0.39 is 28.5 Å². The number of benzene rings is 2. The standard InChI is InChI=1S/C17H16FN3O3S/c1-12(13-6-8-15(18)9-7-13)21-17(22)11-20-25(23,24)16-5-3-2-4-14(16)10-19/h2-9,12,20H,11H2,1H3,(H,21,22)/t12-/m1/s1. The van der Waals surface area contributed by atoms with Crippen LogP contribution >= 0.6 is 0 Å². The van der Waals surface area contributed by atoms with Gasteiger partial charge in [-0.15, -0.1) is 0 Å². The highest BCUT2D eigenvalue weighted by molar-refractivity contribution is 7.89. The van der Waals surface area contributed by atoms with Gasteiger partial charge in [0.1, 0.15) is 11.9 Å². The summed E-state index contributed by atoms with van der Waals surface area (Å²) in [7, 11) is -3.99. The van der Waals surface area contributed by atoms with E-state index in [-0.39, 0.29) is 16.3 Å². The molecule has 2 rings (SSSR count). The second-order valence-corrected chi connectivity index (χ2v) is 7.01. The number of sulfonamides is 1. The maximum Gasteiger partial charge on any atom is 0.242 e. The third-order valence-corrected chi connectivity index (χ3v) is 4.93. The van der Waals surface area contributed by atoms with Gasteiger partial charge >= 0.3 is 0 Å². The summed E-state index contributed by atoms with van der Waals surface area (Å²) in [6.45, 7) is 1.22. The third-order valence-electron chi connectivity index (χ3n) is 3.47. The van der Waals surface area contributed by atoms with E-state index in [1.54, 1.807) is 19.1 Å². The van der Waals surface area contributed by atoms with Crippen molar-refractivity contribution >= 4 is 15.9 Å². The van der Waals surface area contributed by atoms with Crippen LogP contribution in [0, 0.1) is 17.1 Å². The molecule has 0 aliphatic heterocycles. The Hall–Kier alpha value is -2.76. The van der Waals surface area contributed by atoms with E-state index >= 15 is 0 Å². The molecule has 0 spiro atoms. The van der Waals surface area contributed by atoms with Gasteiger partial charge in [-0.05, 0) is 36.8 Å². The fourth-order valence-corrected chi connectivity index (χ4v) is 3.30. The number of nitrogens with one attached hydrogen (secondary N) is 2. The first-order chi connectivity index (χ1) is 11.8. The molecule has 0 aliphatic rings. The Morgan fingerprint density at radius 3 is 2.48 bits per heavy atom. The van der Waals surface area contributed by atoms with Crippen LogP contribution in [0.3, 0.4) is 0 Å². The summed E-state index contributed by atoms with van der Waals surface area (Å²) < 4.78 is 39.5. The summed E-state index contributed by atoms with van der Waals surface area (Å²) in [5.74, 6) is -0.930.